The molecular formula is C13H9BrN2O2S. The summed E-state index contributed by atoms with van der Waals surface area (Å²) in [5, 5.41) is 11.2. The zero-order valence-electron chi connectivity index (χ0n) is 9.72. The van der Waals surface area contributed by atoms with Crippen LogP contribution < -0.4 is 10.1 Å². The average Bonchev–Trinajstić information content (AvgIpc) is 2.83. The van der Waals surface area contributed by atoms with E-state index < -0.39 is 0 Å². The van der Waals surface area contributed by atoms with Crippen LogP contribution in [0.5, 0.6) is 5.75 Å². The summed E-state index contributed by atoms with van der Waals surface area (Å²) in [6, 6.07) is 12.4. The molecule has 0 unspecified atom stereocenters. The molecule has 0 saturated heterocycles. The van der Waals surface area contributed by atoms with Crippen LogP contribution in [0.15, 0.2) is 40.2 Å². The first-order valence-corrected chi connectivity index (χ1v) is 6.96. The van der Waals surface area contributed by atoms with Gasteiger partial charge in [-0.1, -0.05) is 6.07 Å². The van der Waals surface area contributed by atoms with Gasteiger partial charge in [0.15, 0.2) is 6.61 Å². The number of anilines is 1. The van der Waals surface area contributed by atoms with Crippen LogP contribution >= 0.6 is 27.3 Å². The largest absolute Gasteiger partial charge is 0.479 e. The number of nitrogens with zero attached hydrogens (tertiary/aromatic N) is 1. The highest BCUT2D eigenvalue weighted by atomic mass is 79.9. The van der Waals surface area contributed by atoms with Crippen LogP contribution in [-0.2, 0) is 0 Å². The summed E-state index contributed by atoms with van der Waals surface area (Å²) in [4.78, 5) is 12.6. The Morgan fingerprint density at radius 3 is 2.95 bits per heavy atom. The monoisotopic (exact) mass is 336 g/mol. The minimum Gasteiger partial charge on any atom is -0.479 e. The van der Waals surface area contributed by atoms with E-state index in [4.69, 9.17) is 10.00 Å². The number of amides is 1. The molecule has 4 nitrogen and oxygen atoms in total. The van der Waals surface area contributed by atoms with Crippen molar-refractivity contribution in [2.75, 3.05) is 11.9 Å². The maximum absolute atomic E-state index is 11.9. The van der Waals surface area contributed by atoms with Crippen molar-refractivity contribution in [2.45, 2.75) is 0 Å². The molecule has 1 aromatic carbocycles. The number of hydrogen-bond acceptors (Lipinski definition) is 4. The summed E-state index contributed by atoms with van der Waals surface area (Å²) in [7, 11) is 0. The lowest BCUT2D eigenvalue weighted by Crippen LogP contribution is -2.10. The van der Waals surface area contributed by atoms with Crippen molar-refractivity contribution in [2.24, 2.45) is 0 Å². The molecule has 2 aromatic rings. The van der Waals surface area contributed by atoms with Crippen molar-refractivity contribution in [3.63, 3.8) is 0 Å². The Morgan fingerprint density at radius 1 is 1.42 bits per heavy atom. The van der Waals surface area contributed by atoms with Crippen molar-refractivity contribution in [3.05, 3.63) is 45.1 Å². The molecule has 0 aliphatic carbocycles. The first-order chi connectivity index (χ1) is 9.19. The molecule has 6 heteroatoms. The molecule has 0 radical (unpaired) electrons. The van der Waals surface area contributed by atoms with Crippen LogP contribution in [-0.4, -0.2) is 12.5 Å². The SMILES string of the molecule is N#CCOc1cccc(NC(=O)c2ccc(Br)s2)c1. The van der Waals surface area contributed by atoms with E-state index in [9.17, 15) is 4.79 Å². The van der Waals surface area contributed by atoms with Gasteiger partial charge < -0.3 is 10.1 Å². The summed E-state index contributed by atoms with van der Waals surface area (Å²) in [6.07, 6.45) is 0. The highest BCUT2D eigenvalue weighted by Gasteiger charge is 2.09. The lowest BCUT2D eigenvalue weighted by molar-refractivity contribution is 0.103. The summed E-state index contributed by atoms with van der Waals surface area (Å²) < 4.78 is 6.08. The summed E-state index contributed by atoms with van der Waals surface area (Å²) >= 11 is 4.68. The minimum atomic E-state index is -0.173. The van der Waals surface area contributed by atoms with Crippen molar-refractivity contribution >= 4 is 38.9 Å². The Hall–Kier alpha value is -1.84. The van der Waals surface area contributed by atoms with E-state index in [1.165, 1.54) is 11.3 Å². The number of nitrogens with one attached hydrogen (secondary N) is 1. The van der Waals surface area contributed by atoms with E-state index in [1.54, 1.807) is 30.3 Å². The molecule has 0 fully saturated rings. The zero-order chi connectivity index (χ0) is 13.7. The molecule has 1 aromatic heterocycles. The lowest BCUT2D eigenvalue weighted by Gasteiger charge is -2.06. The quantitative estimate of drug-likeness (QED) is 0.926. The maximum Gasteiger partial charge on any atom is 0.265 e. The van der Waals surface area contributed by atoms with Crippen LogP contribution in [0.25, 0.3) is 0 Å². The standard InChI is InChI=1S/C13H9BrN2O2S/c14-12-5-4-11(19-12)13(17)16-9-2-1-3-10(8-9)18-7-6-15/h1-5,8H,7H2,(H,16,17). The summed E-state index contributed by atoms with van der Waals surface area (Å²) in [5.74, 6) is 0.375. The molecule has 1 heterocycles. The smallest absolute Gasteiger partial charge is 0.265 e. The van der Waals surface area contributed by atoms with Gasteiger partial charge in [0.25, 0.3) is 5.91 Å². The number of carbonyl (C=O) groups is 1. The van der Waals surface area contributed by atoms with Crippen molar-refractivity contribution in [1.82, 2.24) is 0 Å². The van der Waals surface area contributed by atoms with Crippen molar-refractivity contribution in [1.29, 1.82) is 5.26 Å². The van der Waals surface area contributed by atoms with Gasteiger partial charge in [0.2, 0.25) is 0 Å². The number of benzene rings is 1. The third kappa shape index (κ3) is 3.81. The summed E-state index contributed by atoms with van der Waals surface area (Å²) in [6.45, 7) is -0.0186. The molecule has 0 spiro atoms. The van der Waals surface area contributed by atoms with E-state index in [0.717, 1.165) is 3.79 Å². The second kappa shape index (κ2) is 6.36. The number of ether oxygens (including phenoxy) is 1. The number of rotatable bonds is 4. The van der Waals surface area contributed by atoms with Gasteiger partial charge in [-0.15, -0.1) is 11.3 Å². The predicted octanol–water partition coefficient (Wildman–Crippen LogP) is 3.67. The molecular weight excluding hydrogens is 328 g/mol. The van der Waals surface area contributed by atoms with Gasteiger partial charge in [-0.3, -0.25) is 4.79 Å². The van der Waals surface area contributed by atoms with Crippen molar-refractivity contribution < 1.29 is 9.53 Å². The highest BCUT2D eigenvalue weighted by molar-refractivity contribution is 9.11. The molecule has 0 aliphatic heterocycles. The average molecular weight is 337 g/mol. The number of nitriles is 1. The molecule has 0 bridgehead atoms. The molecule has 0 atom stereocenters. The van der Waals surface area contributed by atoms with Gasteiger partial charge in [0, 0.05) is 11.8 Å². The van der Waals surface area contributed by atoms with Gasteiger partial charge >= 0.3 is 0 Å². The van der Waals surface area contributed by atoms with Gasteiger partial charge in [0.05, 0.1) is 8.66 Å². The van der Waals surface area contributed by atoms with Gasteiger partial charge in [-0.25, -0.2) is 0 Å². The number of halogens is 1. The third-order valence-corrected chi connectivity index (χ3v) is 3.81. The van der Waals surface area contributed by atoms with Crippen LogP contribution in [0.2, 0.25) is 0 Å². The third-order valence-electron chi connectivity index (χ3n) is 2.19. The van der Waals surface area contributed by atoms with Crippen LogP contribution in [0.4, 0.5) is 5.69 Å². The second-order valence-corrected chi connectivity index (χ2v) is 6.00. The summed E-state index contributed by atoms with van der Waals surface area (Å²) in [5.41, 5.74) is 0.630. The van der Waals surface area contributed by atoms with Crippen LogP contribution in [0.1, 0.15) is 9.67 Å². The Labute approximate surface area is 122 Å². The fourth-order valence-corrected chi connectivity index (χ4v) is 2.69. The fourth-order valence-electron chi connectivity index (χ4n) is 1.41. The molecule has 1 amide bonds. The Morgan fingerprint density at radius 2 is 2.26 bits per heavy atom. The topological polar surface area (TPSA) is 62.1 Å². The fraction of sp³-hybridized carbons (Fsp3) is 0.0769. The second-order valence-electron chi connectivity index (χ2n) is 3.53. The zero-order valence-corrected chi connectivity index (χ0v) is 12.1. The minimum absolute atomic E-state index is 0.0186. The van der Waals surface area contributed by atoms with Gasteiger partial charge in [0.1, 0.15) is 11.8 Å². The Balaban J connectivity index is 2.06. The normalized spacial score (nSPS) is 9.68. The highest BCUT2D eigenvalue weighted by Crippen LogP contribution is 2.24. The first kappa shape index (κ1) is 13.6. The lowest BCUT2D eigenvalue weighted by atomic mass is 10.3. The van der Waals surface area contributed by atoms with Gasteiger partial charge in [-0.2, -0.15) is 5.26 Å². The predicted molar refractivity (Wildman–Crippen MR) is 77.5 cm³/mol. The Kier molecular flexibility index (Phi) is 4.55. The molecule has 2 rings (SSSR count). The van der Waals surface area contributed by atoms with E-state index in [-0.39, 0.29) is 12.5 Å². The maximum atomic E-state index is 11.9. The van der Waals surface area contributed by atoms with Crippen LogP contribution in [0.3, 0.4) is 0 Å². The number of thiophene rings is 1. The number of hydrogen-bond donors (Lipinski definition) is 1. The number of carbonyl (C=O) groups excluding carboxylic acids is 1. The van der Waals surface area contributed by atoms with Crippen molar-refractivity contribution in [3.8, 4) is 11.8 Å². The van der Waals surface area contributed by atoms with E-state index in [1.807, 2.05) is 12.1 Å². The van der Waals surface area contributed by atoms with Gasteiger partial charge in [-0.05, 0) is 40.2 Å². The molecule has 0 aliphatic rings. The molecule has 1 N–H and O–H groups in total. The van der Waals surface area contributed by atoms with E-state index in [0.29, 0.717) is 16.3 Å². The first-order valence-electron chi connectivity index (χ1n) is 5.35. The van der Waals surface area contributed by atoms with Crippen LogP contribution in [0, 0.1) is 11.3 Å². The molecule has 19 heavy (non-hydrogen) atoms. The van der Waals surface area contributed by atoms with E-state index >= 15 is 0 Å². The Bertz CT molecular complexity index is 634. The molecule has 0 saturated carbocycles. The molecule has 96 valence electrons. The van der Waals surface area contributed by atoms with E-state index in [2.05, 4.69) is 21.2 Å².